The van der Waals surface area contributed by atoms with Gasteiger partial charge in [0.15, 0.2) is 0 Å². The standard InChI is InChI=1S/C28H29NO3/c1-3-23-26(32-23)28(25(30)22-17-11-6-12-18-22)24(21-15-9-5-10-16-21)29(27(28)31)19(2)20-13-7-4-8-14-20/h4-19,23-26,30H,3H2,1-2H3/t19-,23+,24-,25-,26-,28+/m0/s1. The molecule has 2 aliphatic heterocycles. The Morgan fingerprint density at radius 2 is 1.44 bits per heavy atom. The van der Waals surface area contributed by atoms with Crippen LogP contribution in [0, 0.1) is 5.41 Å². The van der Waals surface area contributed by atoms with E-state index in [0.717, 1.165) is 23.1 Å². The van der Waals surface area contributed by atoms with Crippen LogP contribution in [0.15, 0.2) is 91.0 Å². The predicted molar refractivity (Wildman–Crippen MR) is 124 cm³/mol. The monoisotopic (exact) mass is 427 g/mol. The molecule has 4 heteroatoms. The Morgan fingerprint density at radius 1 is 0.906 bits per heavy atom. The van der Waals surface area contributed by atoms with E-state index in [2.05, 4.69) is 38.1 Å². The van der Waals surface area contributed by atoms with E-state index in [1.165, 1.54) is 0 Å². The molecule has 0 saturated carbocycles. The Morgan fingerprint density at radius 3 is 1.97 bits per heavy atom. The number of aliphatic hydroxyl groups is 1. The maximum atomic E-state index is 14.1. The highest BCUT2D eigenvalue weighted by molar-refractivity contribution is 5.93. The summed E-state index contributed by atoms with van der Waals surface area (Å²) in [7, 11) is 0. The molecule has 5 rings (SSSR count). The number of rotatable bonds is 7. The lowest BCUT2D eigenvalue weighted by molar-refractivity contribution is -0.201. The number of carbonyl (C=O) groups excluding carboxylic acids is 1. The first-order valence-electron chi connectivity index (χ1n) is 11.4. The molecule has 2 fully saturated rings. The molecule has 2 aliphatic rings. The molecule has 164 valence electrons. The average Bonchev–Trinajstić information content (AvgIpc) is 3.64. The molecule has 3 aromatic carbocycles. The number of β-lactam (4-membered cyclic amide) rings is 1. The van der Waals surface area contributed by atoms with E-state index < -0.39 is 11.5 Å². The number of nitrogens with zero attached hydrogens (tertiary/aromatic N) is 1. The summed E-state index contributed by atoms with van der Waals surface area (Å²) in [5.41, 5.74) is 1.80. The number of aliphatic hydroxyl groups excluding tert-OH is 1. The van der Waals surface area contributed by atoms with Gasteiger partial charge in [0, 0.05) is 0 Å². The molecule has 2 saturated heterocycles. The van der Waals surface area contributed by atoms with Crippen molar-refractivity contribution < 1.29 is 14.6 Å². The van der Waals surface area contributed by atoms with Crippen LogP contribution >= 0.6 is 0 Å². The SMILES string of the molecule is CC[C@H]1O[C@@H]1[C@@]1([C@@H](O)c2ccccc2)C(=O)N([C@@H](C)c2ccccc2)[C@H]1c1ccccc1. The van der Waals surface area contributed by atoms with E-state index in [4.69, 9.17) is 4.74 Å². The largest absolute Gasteiger partial charge is 0.387 e. The molecule has 3 aromatic rings. The van der Waals surface area contributed by atoms with Gasteiger partial charge < -0.3 is 14.7 Å². The van der Waals surface area contributed by atoms with E-state index >= 15 is 0 Å². The Hall–Kier alpha value is -2.95. The zero-order chi connectivity index (χ0) is 22.3. The molecular formula is C28H29NO3. The van der Waals surface area contributed by atoms with E-state index in [1.807, 2.05) is 71.6 Å². The zero-order valence-corrected chi connectivity index (χ0v) is 18.5. The van der Waals surface area contributed by atoms with Gasteiger partial charge in [-0.3, -0.25) is 4.79 Å². The van der Waals surface area contributed by atoms with Crippen LogP contribution in [0.4, 0.5) is 0 Å². The van der Waals surface area contributed by atoms with Gasteiger partial charge in [-0.15, -0.1) is 0 Å². The minimum absolute atomic E-state index is 0.0160. The number of likely N-dealkylation sites (tertiary alicyclic amines) is 1. The first-order valence-corrected chi connectivity index (χ1v) is 11.4. The second-order valence-electron chi connectivity index (χ2n) is 8.86. The van der Waals surface area contributed by atoms with Crippen LogP contribution < -0.4 is 0 Å². The van der Waals surface area contributed by atoms with Gasteiger partial charge in [-0.05, 0) is 30.0 Å². The Labute approximate surface area is 189 Å². The van der Waals surface area contributed by atoms with Gasteiger partial charge in [0.1, 0.15) is 11.5 Å². The zero-order valence-electron chi connectivity index (χ0n) is 18.5. The minimum Gasteiger partial charge on any atom is -0.387 e. The smallest absolute Gasteiger partial charge is 0.238 e. The van der Waals surface area contributed by atoms with Gasteiger partial charge in [0.05, 0.1) is 24.3 Å². The van der Waals surface area contributed by atoms with Crippen molar-refractivity contribution in [3.05, 3.63) is 108 Å². The highest BCUT2D eigenvalue weighted by atomic mass is 16.6. The number of hydrogen-bond donors (Lipinski definition) is 1. The fourth-order valence-electron chi connectivity index (χ4n) is 5.47. The lowest BCUT2D eigenvalue weighted by atomic mass is 9.59. The topological polar surface area (TPSA) is 53.1 Å². The van der Waals surface area contributed by atoms with Gasteiger partial charge in [-0.25, -0.2) is 0 Å². The van der Waals surface area contributed by atoms with Crippen LogP contribution in [0.2, 0.25) is 0 Å². The second kappa shape index (κ2) is 8.19. The van der Waals surface area contributed by atoms with Gasteiger partial charge in [-0.2, -0.15) is 0 Å². The van der Waals surface area contributed by atoms with Crippen LogP contribution in [0.25, 0.3) is 0 Å². The summed E-state index contributed by atoms with van der Waals surface area (Å²) in [6.07, 6.45) is -0.462. The van der Waals surface area contributed by atoms with E-state index in [0.29, 0.717) is 0 Å². The Balaban J connectivity index is 1.64. The Kier molecular flexibility index (Phi) is 5.36. The number of epoxide rings is 1. The first-order chi connectivity index (χ1) is 15.6. The van der Waals surface area contributed by atoms with E-state index in [1.54, 1.807) is 0 Å². The first kappa shape index (κ1) is 20.9. The molecular weight excluding hydrogens is 398 g/mol. The summed E-state index contributed by atoms with van der Waals surface area (Å²) in [5, 5.41) is 11.8. The summed E-state index contributed by atoms with van der Waals surface area (Å²) < 4.78 is 6.06. The molecule has 0 aliphatic carbocycles. The number of hydrogen-bond acceptors (Lipinski definition) is 3. The molecule has 4 nitrogen and oxygen atoms in total. The molecule has 0 bridgehead atoms. The summed E-state index contributed by atoms with van der Waals surface area (Å²) >= 11 is 0. The van der Waals surface area contributed by atoms with Crippen molar-refractivity contribution in [2.45, 2.75) is 50.7 Å². The maximum Gasteiger partial charge on any atom is 0.238 e. The summed E-state index contributed by atoms with van der Waals surface area (Å²) in [4.78, 5) is 16.1. The van der Waals surface area contributed by atoms with Crippen LogP contribution in [0.5, 0.6) is 0 Å². The quantitative estimate of drug-likeness (QED) is 0.415. The molecule has 1 N–H and O–H groups in total. The molecule has 0 aromatic heterocycles. The summed E-state index contributed by atoms with van der Waals surface area (Å²) in [6, 6.07) is 29.3. The van der Waals surface area contributed by atoms with Gasteiger partial charge in [0.2, 0.25) is 5.91 Å². The lowest BCUT2D eigenvalue weighted by Crippen LogP contribution is -2.68. The third kappa shape index (κ3) is 3.09. The van der Waals surface area contributed by atoms with Crippen molar-refractivity contribution in [2.24, 2.45) is 5.41 Å². The van der Waals surface area contributed by atoms with Gasteiger partial charge in [0.25, 0.3) is 0 Å². The predicted octanol–water partition coefficient (Wildman–Crippen LogP) is 5.23. The number of amides is 1. The van der Waals surface area contributed by atoms with Crippen molar-refractivity contribution in [3.63, 3.8) is 0 Å². The molecule has 2 heterocycles. The third-order valence-corrected chi connectivity index (χ3v) is 7.17. The summed E-state index contributed by atoms with van der Waals surface area (Å²) in [6.45, 7) is 4.13. The average molecular weight is 428 g/mol. The highest BCUT2D eigenvalue weighted by Gasteiger charge is 2.75. The van der Waals surface area contributed by atoms with Crippen LogP contribution in [-0.2, 0) is 9.53 Å². The maximum absolute atomic E-state index is 14.1. The molecule has 6 atom stereocenters. The molecule has 0 unspecified atom stereocenters. The van der Waals surface area contributed by atoms with Crippen molar-refractivity contribution in [1.29, 1.82) is 0 Å². The van der Waals surface area contributed by atoms with Gasteiger partial charge >= 0.3 is 0 Å². The minimum atomic E-state index is -1.05. The fourth-order valence-corrected chi connectivity index (χ4v) is 5.47. The van der Waals surface area contributed by atoms with Crippen molar-refractivity contribution >= 4 is 5.91 Å². The molecule has 1 amide bonds. The third-order valence-electron chi connectivity index (χ3n) is 7.17. The normalized spacial score (nSPS) is 28.7. The van der Waals surface area contributed by atoms with Crippen molar-refractivity contribution in [2.75, 3.05) is 0 Å². The van der Waals surface area contributed by atoms with Crippen molar-refractivity contribution in [3.8, 4) is 0 Å². The van der Waals surface area contributed by atoms with Gasteiger partial charge in [-0.1, -0.05) is 97.9 Å². The van der Waals surface area contributed by atoms with E-state index in [-0.39, 0.29) is 30.2 Å². The Bertz CT molecular complexity index is 1070. The van der Waals surface area contributed by atoms with Crippen LogP contribution in [-0.4, -0.2) is 28.1 Å². The fraction of sp³-hybridized carbons (Fsp3) is 0.321. The number of benzene rings is 3. The molecule has 0 radical (unpaired) electrons. The van der Waals surface area contributed by atoms with Crippen LogP contribution in [0.1, 0.15) is 55.1 Å². The number of carbonyl (C=O) groups is 1. The van der Waals surface area contributed by atoms with Crippen LogP contribution in [0.3, 0.4) is 0 Å². The van der Waals surface area contributed by atoms with E-state index in [9.17, 15) is 9.90 Å². The number of ether oxygens (including phenoxy) is 1. The van der Waals surface area contributed by atoms with Crippen molar-refractivity contribution in [1.82, 2.24) is 4.90 Å². The summed E-state index contributed by atoms with van der Waals surface area (Å²) in [5.74, 6) is -0.0417. The second-order valence-corrected chi connectivity index (χ2v) is 8.86. The lowest BCUT2D eigenvalue weighted by Gasteiger charge is -2.60. The molecule has 32 heavy (non-hydrogen) atoms. The molecule has 0 spiro atoms. The highest BCUT2D eigenvalue weighted by Crippen LogP contribution is 2.65.